The van der Waals surface area contributed by atoms with Gasteiger partial charge in [-0.3, -0.25) is 14.3 Å². The number of aromatic nitrogens is 4. The molecular formula is C25H30FN5O4. The van der Waals surface area contributed by atoms with Gasteiger partial charge in [0.1, 0.15) is 6.04 Å². The number of rotatable bonds is 9. The van der Waals surface area contributed by atoms with Crippen LogP contribution < -0.4 is 15.6 Å². The zero-order valence-electron chi connectivity index (χ0n) is 19.9. The Morgan fingerprint density at radius 1 is 1.29 bits per heavy atom. The lowest BCUT2D eigenvalue weighted by Gasteiger charge is -2.21. The van der Waals surface area contributed by atoms with Crippen LogP contribution >= 0.6 is 0 Å². The lowest BCUT2D eigenvalue weighted by atomic mass is 9.98. The van der Waals surface area contributed by atoms with Gasteiger partial charge in [-0.15, -0.1) is 0 Å². The third-order valence-corrected chi connectivity index (χ3v) is 5.94. The third kappa shape index (κ3) is 6.54. The molecule has 0 bridgehead atoms. The molecule has 1 fully saturated rings. The fourth-order valence-electron chi connectivity index (χ4n) is 4.35. The molecule has 35 heavy (non-hydrogen) atoms. The molecule has 0 saturated heterocycles. The molecule has 1 aliphatic rings. The number of anilines is 1. The van der Waals surface area contributed by atoms with E-state index in [1.807, 2.05) is 0 Å². The second-order valence-electron chi connectivity index (χ2n) is 9.61. The summed E-state index contributed by atoms with van der Waals surface area (Å²) in [6, 6.07) is 7.87. The molecule has 2 aromatic heterocycles. The van der Waals surface area contributed by atoms with Gasteiger partial charge in [-0.1, -0.05) is 37.8 Å². The summed E-state index contributed by atoms with van der Waals surface area (Å²) >= 11 is 0. The van der Waals surface area contributed by atoms with Crippen molar-refractivity contribution in [1.82, 2.24) is 19.6 Å². The van der Waals surface area contributed by atoms with Crippen LogP contribution in [0.4, 0.5) is 10.2 Å². The summed E-state index contributed by atoms with van der Waals surface area (Å²) in [6.07, 6.45) is 7.62. The highest BCUT2D eigenvalue weighted by Gasteiger charge is 2.29. The predicted molar refractivity (Wildman–Crippen MR) is 128 cm³/mol. The number of nitrogens with one attached hydrogen (secondary N) is 1. The summed E-state index contributed by atoms with van der Waals surface area (Å²) in [5.74, 6) is -0.262. The molecule has 4 rings (SSSR count). The molecule has 0 spiro atoms. The number of carbonyl (C=O) groups excluding carboxylic acids is 1. The summed E-state index contributed by atoms with van der Waals surface area (Å²) in [5, 5.41) is 21.3. The van der Waals surface area contributed by atoms with Gasteiger partial charge in [-0.25, -0.2) is 9.07 Å². The van der Waals surface area contributed by atoms with E-state index in [1.165, 1.54) is 24.4 Å². The molecule has 1 amide bonds. The van der Waals surface area contributed by atoms with Crippen LogP contribution in [0.2, 0.25) is 0 Å². The fourth-order valence-corrected chi connectivity index (χ4v) is 4.35. The molecule has 1 unspecified atom stereocenters. The Morgan fingerprint density at radius 2 is 2.03 bits per heavy atom. The summed E-state index contributed by atoms with van der Waals surface area (Å²) in [7, 11) is 0. The van der Waals surface area contributed by atoms with Gasteiger partial charge in [0.05, 0.1) is 18.3 Å². The lowest BCUT2D eigenvalue weighted by molar-refractivity contribution is -0.120. The number of hydrogen-bond acceptors (Lipinski definition) is 6. The molecule has 3 aromatic rings. The fraction of sp³-hybridized carbons (Fsp3) is 0.440. The number of amides is 1. The van der Waals surface area contributed by atoms with Gasteiger partial charge < -0.3 is 15.2 Å². The molecule has 1 aliphatic carbocycles. The number of benzene rings is 1. The molecule has 2 heterocycles. The maximum absolute atomic E-state index is 13.9. The molecule has 10 heteroatoms. The first-order valence-electron chi connectivity index (χ1n) is 11.8. The van der Waals surface area contributed by atoms with Crippen LogP contribution in [-0.2, 0) is 11.3 Å². The second-order valence-corrected chi connectivity index (χ2v) is 9.61. The van der Waals surface area contributed by atoms with Crippen molar-refractivity contribution < 1.29 is 19.0 Å². The van der Waals surface area contributed by atoms with Gasteiger partial charge in [0.2, 0.25) is 0 Å². The Balaban J connectivity index is 1.54. The van der Waals surface area contributed by atoms with Gasteiger partial charge >= 0.3 is 0 Å². The molecule has 0 radical (unpaired) electrons. The summed E-state index contributed by atoms with van der Waals surface area (Å²) in [5.41, 5.74) is -1.48. The zero-order valence-corrected chi connectivity index (χ0v) is 19.9. The number of halogens is 1. The summed E-state index contributed by atoms with van der Waals surface area (Å²) in [4.78, 5) is 26.2. The molecule has 9 nitrogen and oxygen atoms in total. The minimum absolute atomic E-state index is 0.0201. The van der Waals surface area contributed by atoms with E-state index in [2.05, 4.69) is 15.5 Å². The van der Waals surface area contributed by atoms with Crippen molar-refractivity contribution >= 4 is 11.7 Å². The van der Waals surface area contributed by atoms with E-state index in [-0.39, 0.29) is 18.0 Å². The van der Waals surface area contributed by atoms with E-state index in [0.29, 0.717) is 18.2 Å². The van der Waals surface area contributed by atoms with E-state index in [9.17, 15) is 19.1 Å². The van der Waals surface area contributed by atoms with Crippen molar-refractivity contribution in [2.75, 3.05) is 5.32 Å². The van der Waals surface area contributed by atoms with Crippen LogP contribution in [0.3, 0.4) is 0 Å². The van der Waals surface area contributed by atoms with Gasteiger partial charge in [-0.2, -0.15) is 10.2 Å². The van der Waals surface area contributed by atoms with Crippen LogP contribution in [0.1, 0.15) is 52.0 Å². The largest absolute Gasteiger partial charge is 0.452 e. The zero-order chi connectivity index (χ0) is 25.0. The average Bonchev–Trinajstić information content (AvgIpc) is 3.45. The molecular weight excluding hydrogens is 453 g/mol. The molecule has 0 aliphatic heterocycles. The van der Waals surface area contributed by atoms with Crippen LogP contribution in [0.25, 0.3) is 0 Å². The standard InChI is InChI=1S/C25H30FN5O4/c1-25(2,34)16-30-12-11-22(29-30)28-24(33)20(13-17-7-3-4-8-17)31-23(32)14-18(15-27-31)35-21-10-6-5-9-19(21)26/h5-6,9-12,14-15,17,20,34H,3-4,7-8,13,16H2,1-2H3,(H,28,29,33). The van der Waals surface area contributed by atoms with E-state index >= 15 is 0 Å². The normalized spacial score (nSPS) is 15.2. The van der Waals surface area contributed by atoms with Crippen molar-refractivity contribution in [3.63, 3.8) is 0 Å². The SMILES string of the molecule is CC(C)(O)Cn1ccc(NC(=O)C(CC2CCCC2)n2ncc(Oc3ccccc3F)cc2=O)n1. The van der Waals surface area contributed by atoms with Crippen molar-refractivity contribution in [2.24, 2.45) is 5.92 Å². The van der Waals surface area contributed by atoms with Crippen molar-refractivity contribution in [2.45, 2.75) is 64.1 Å². The van der Waals surface area contributed by atoms with Gasteiger partial charge in [0, 0.05) is 18.3 Å². The van der Waals surface area contributed by atoms with Crippen LogP contribution in [-0.4, -0.2) is 36.2 Å². The highest BCUT2D eigenvalue weighted by atomic mass is 19.1. The lowest BCUT2D eigenvalue weighted by Crippen LogP contribution is -2.36. The Hall–Kier alpha value is -3.53. The monoisotopic (exact) mass is 483 g/mol. The van der Waals surface area contributed by atoms with Crippen LogP contribution in [0.15, 0.2) is 53.6 Å². The maximum Gasteiger partial charge on any atom is 0.271 e. The first-order chi connectivity index (χ1) is 16.7. The molecule has 1 saturated carbocycles. The summed E-state index contributed by atoms with van der Waals surface area (Å²) < 4.78 is 22.1. The number of carbonyl (C=O) groups is 1. The Morgan fingerprint density at radius 3 is 2.71 bits per heavy atom. The highest BCUT2D eigenvalue weighted by Crippen LogP contribution is 2.32. The average molecular weight is 484 g/mol. The number of aliphatic hydroxyl groups is 1. The summed E-state index contributed by atoms with van der Waals surface area (Å²) in [6.45, 7) is 3.60. The quantitative estimate of drug-likeness (QED) is 0.478. The van der Waals surface area contributed by atoms with Gasteiger partial charge in [0.15, 0.2) is 23.1 Å². The Labute approximate surface area is 202 Å². The smallest absolute Gasteiger partial charge is 0.271 e. The van der Waals surface area contributed by atoms with Crippen molar-refractivity contribution in [3.05, 3.63) is 65.0 Å². The topological polar surface area (TPSA) is 111 Å². The molecule has 2 N–H and O–H groups in total. The van der Waals surface area contributed by atoms with E-state index < -0.39 is 28.9 Å². The van der Waals surface area contributed by atoms with E-state index in [0.717, 1.165) is 30.4 Å². The second kappa shape index (κ2) is 10.4. The number of ether oxygens (including phenoxy) is 1. The number of nitrogens with zero attached hydrogens (tertiary/aromatic N) is 4. The number of hydrogen-bond donors (Lipinski definition) is 2. The van der Waals surface area contributed by atoms with Crippen molar-refractivity contribution in [3.8, 4) is 11.5 Å². The van der Waals surface area contributed by atoms with E-state index in [1.54, 1.807) is 42.9 Å². The molecule has 1 atom stereocenters. The minimum atomic E-state index is -0.956. The van der Waals surface area contributed by atoms with Gasteiger partial charge in [0.25, 0.3) is 11.5 Å². The van der Waals surface area contributed by atoms with Crippen molar-refractivity contribution in [1.29, 1.82) is 0 Å². The number of para-hydroxylation sites is 1. The Bertz CT molecular complexity index is 1230. The van der Waals surface area contributed by atoms with E-state index in [4.69, 9.17) is 4.74 Å². The predicted octanol–water partition coefficient (Wildman–Crippen LogP) is 3.90. The van der Waals surface area contributed by atoms with Crippen LogP contribution in [0, 0.1) is 11.7 Å². The van der Waals surface area contributed by atoms with Crippen LogP contribution in [0.5, 0.6) is 11.5 Å². The first kappa shape index (κ1) is 24.6. The molecule has 186 valence electrons. The minimum Gasteiger partial charge on any atom is -0.452 e. The third-order valence-electron chi connectivity index (χ3n) is 5.94. The molecule has 1 aromatic carbocycles. The Kier molecular flexibility index (Phi) is 7.30. The van der Waals surface area contributed by atoms with Gasteiger partial charge in [-0.05, 0) is 38.3 Å². The first-order valence-corrected chi connectivity index (χ1v) is 11.8. The highest BCUT2D eigenvalue weighted by molar-refractivity contribution is 5.92. The maximum atomic E-state index is 13.9.